The molecule has 0 aliphatic carbocycles. The molecule has 0 fully saturated rings. The molecule has 3 rings (SSSR count). The zero-order chi connectivity index (χ0) is 16.1. The third kappa shape index (κ3) is 2.59. The van der Waals surface area contributed by atoms with Crippen LogP contribution in [0.5, 0.6) is 0 Å². The lowest BCUT2D eigenvalue weighted by atomic mass is 9.92. The summed E-state index contributed by atoms with van der Waals surface area (Å²) in [5, 5.41) is 5.80. The average molecular weight is 334 g/mol. The predicted molar refractivity (Wildman–Crippen MR) is 91.9 cm³/mol. The number of nitrogens with zero attached hydrogens (tertiary/aromatic N) is 3. The van der Waals surface area contributed by atoms with Crippen molar-refractivity contribution in [1.82, 2.24) is 14.6 Å². The summed E-state index contributed by atoms with van der Waals surface area (Å²) < 4.78 is 1.69. The number of hydrogen-bond acceptors (Lipinski definition) is 2. The van der Waals surface area contributed by atoms with E-state index in [4.69, 9.17) is 28.2 Å². The van der Waals surface area contributed by atoms with Crippen molar-refractivity contribution in [3.05, 3.63) is 51.9 Å². The van der Waals surface area contributed by atoms with E-state index >= 15 is 0 Å². The molecule has 0 saturated carbocycles. The van der Waals surface area contributed by atoms with E-state index in [1.165, 1.54) is 0 Å². The van der Waals surface area contributed by atoms with Crippen molar-refractivity contribution in [3.8, 4) is 11.1 Å². The number of fused-ring (bicyclic) bond motifs is 1. The lowest BCUT2D eigenvalue weighted by Gasteiger charge is -2.18. The van der Waals surface area contributed by atoms with Gasteiger partial charge in [-0.2, -0.15) is 5.10 Å². The molecule has 0 radical (unpaired) electrons. The second-order valence-corrected chi connectivity index (χ2v) is 7.24. The molecule has 0 aliphatic rings. The van der Waals surface area contributed by atoms with Crippen LogP contribution in [0.25, 0.3) is 16.8 Å². The highest BCUT2D eigenvalue weighted by molar-refractivity contribution is 6.30. The number of hydrogen-bond donors (Lipinski definition) is 0. The second-order valence-electron chi connectivity index (χ2n) is 6.42. The van der Waals surface area contributed by atoms with Crippen molar-refractivity contribution >= 4 is 28.8 Å². The highest BCUT2D eigenvalue weighted by Gasteiger charge is 2.21. The molecule has 2 aromatic heterocycles. The van der Waals surface area contributed by atoms with Crippen LogP contribution in [0.3, 0.4) is 0 Å². The number of benzene rings is 1. The van der Waals surface area contributed by atoms with E-state index in [0.717, 1.165) is 28.2 Å². The molecule has 3 aromatic rings. The number of aromatic nitrogens is 3. The first-order valence-electron chi connectivity index (χ1n) is 7.09. The summed E-state index contributed by atoms with van der Waals surface area (Å²) in [6.45, 7) is 8.32. The third-order valence-corrected chi connectivity index (χ3v) is 4.14. The van der Waals surface area contributed by atoms with Gasteiger partial charge in [0.05, 0.1) is 11.4 Å². The Labute approximate surface area is 139 Å². The molecule has 3 nitrogen and oxygen atoms in total. The van der Waals surface area contributed by atoms with Crippen LogP contribution in [0.15, 0.2) is 30.3 Å². The van der Waals surface area contributed by atoms with Crippen LogP contribution in [0.1, 0.15) is 32.2 Å². The predicted octanol–water partition coefficient (Wildman–Crippen LogP) is 5.31. The molecule has 0 N–H and O–H groups in total. The van der Waals surface area contributed by atoms with E-state index in [0.29, 0.717) is 10.2 Å². The summed E-state index contributed by atoms with van der Waals surface area (Å²) in [5.74, 6) is 0. The quantitative estimate of drug-likeness (QED) is 0.565. The fourth-order valence-electron chi connectivity index (χ4n) is 2.43. The largest absolute Gasteiger partial charge is 0.232 e. The normalized spacial score (nSPS) is 12.1. The molecule has 22 heavy (non-hydrogen) atoms. The van der Waals surface area contributed by atoms with Gasteiger partial charge >= 0.3 is 0 Å². The van der Waals surface area contributed by atoms with E-state index in [1.54, 1.807) is 4.52 Å². The van der Waals surface area contributed by atoms with Crippen LogP contribution in [0.4, 0.5) is 0 Å². The summed E-state index contributed by atoms with van der Waals surface area (Å²) in [6, 6.07) is 9.58. The Kier molecular flexibility index (Phi) is 3.66. The van der Waals surface area contributed by atoms with Crippen LogP contribution in [-0.4, -0.2) is 14.6 Å². The SMILES string of the molecule is Cc1nn2c(Cl)cc(C(C)(C)C)nc2c1-c1ccc(Cl)cc1. The molecule has 5 heteroatoms. The molecule has 0 unspecified atom stereocenters. The van der Waals surface area contributed by atoms with Gasteiger partial charge in [-0.25, -0.2) is 9.50 Å². The van der Waals surface area contributed by atoms with E-state index < -0.39 is 0 Å². The van der Waals surface area contributed by atoms with E-state index in [9.17, 15) is 0 Å². The number of halogens is 2. The Balaban J connectivity index is 2.32. The van der Waals surface area contributed by atoms with Gasteiger partial charge in [0.15, 0.2) is 5.65 Å². The van der Waals surface area contributed by atoms with Crippen molar-refractivity contribution in [1.29, 1.82) is 0 Å². The van der Waals surface area contributed by atoms with E-state index in [-0.39, 0.29) is 5.41 Å². The fourth-order valence-corrected chi connectivity index (χ4v) is 2.77. The van der Waals surface area contributed by atoms with Crippen LogP contribution < -0.4 is 0 Å². The summed E-state index contributed by atoms with van der Waals surface area (Å²) >= 11 is 12.4. The van der Waals surface area contributed by atoms with Crippen LogP contribution in [0, 0.1) is 6.92 Å². The Morgan fingerprint density at radius 1 is 1.05 bits per heavy atom. The minimum atomic E-state index is -0.0825. The van der Waals surface area contributed by atoms with Crippen LogP contribution in [-0.2, 0) is 5.41 Å². The van der Waals surface area contributed by atoms with Crippen LogP contribution in [0.2, 0.25) is 10.2 Å². The van der Waals surface area contributed by atoms with Gasteiger partial charge in [0.1, 0.15) is 5.15 Å². The van der Waals surface area contributed by atoms with E-state index in [1.807, 2.05) is 37.3 Å². The third-order valence-electron chi connectivity index (χ3n) is 3.62. The van der Waals surface area contributed by atoms with Gasteiger partial charge in [-0.3, -0.25) is 0 Å². The van der Waals surface area contributed by atoms with Crippen molar-refractivity contribution in [2.45, 2.75) is 33.1 Å². The molecular formula is C17H17Cl2N3. The van der Waals surface area contributed by atoms with Gasteiger partial charge < -0.3 is 0 Å². The molecule has 0 amide bonds. The zero-order valence-corrected chi connectivity index (χ0v) is 14.5. The first-order chi connectivity index (χ1) is 10.3. The van der Waals surface area contributed by atoms with E-state index in [2.05, 4.69) is 25.9 Å². The Bertz CT molecular complexity index is 843. The van der Waals surface area contributed by atoms with Crippen molar-refractivity contribution in [2.24, 2.45) is 0 Å². The molecule has 0 saturated heterocycles. The smallest absolute Gasteiger partial charge is 0.165 e. The highest BCUT2D eigenvalue weighted by atomic mass is 35.5. The Morgan fingerprint density at radius 3 is 2.27 bits per heavy atom. The summed E-state index contributed by atoms with van der Waals surface area (Å²) in [5.41, 5.74) is 4.55. The zero-order valence-electron chi connectivity index (χ0n) is 13.0. The van der Waals surface area contributed by atoms with Crippen molar-refractivity contribution in [2.75, 3.05) is 0 Å². The monoisotopic (exact) mass is 333 g/mol. The van der Waals surface area contributed by atoms with Crippen LogP contribution >= 0.6 is 23.2 Å². The maximum atomic E-state index is 6.41. The number of aryl methyl sites for hydroxylation is 1. The highest BCUT2D eigenvalue weighted by Crippen LogP contribution is 2.32. The molecule has 114 valence electrons. The second kappa shape index (κ2) is 5.25. The summed E-state index contributed by atoms with van der Waals surface area (Å²) in [4.78, 5) is 4.81. The molecule has 1 aromatic carbocycles. The van der Waals surface area contributed by atoms with Crippen molar-refractivity contribution in [3.63, 3.8) is 0 Å². The standard InChI is InChI=1S/C17H17Cl2N3/c1-10-15(11-5-7-12(18)8-6-11)16-20-13(17(2,3)4)9-14(19)22(16)21-10/h5-9H,1-4H3. The lowest BCUT2D eigenvalue weighted by molar-refractivity contribution is 0.568. The average Bonchev–Trinajstić information content (AvgIpc) is 2.76. The molecule has 0 bridgehead atoms. The van der Waals surface area contributed by atoms with Gasteiger partial charge in [0, 0.05) is 16.0 Å². The first kappa shape index (κ1) is 15.3. The Hall–Kier alpha value is -1.58. The number of rotatable bonds is 1. The fraction of sp³-hybridized carbons (Fsp3) is 0.294. The molecular weight excluding hydrogens is 317 g/mol. The van der Waals surface area contributed by atoms with Gasteiger partial charge in [0.25, 0.3) is 0 Å². The minimum absolute atomic E-state index is 0.0825. The first-order valence-corrected chi connectivity index (χ1v) is 7.85. The topological polar surface area (TPSA) is 30.2 Å². The van der Waals surface area contributed by atoms with Gasteiger partial charge in [-0.1, -0.05) is 56.1 Å². The summed E-state index contributed by atoms with van der Waals surface area (Å²) in [7, 11) is 0. The maximum absolute atomic E-state index is 6.41. The Morgan fingerprint density at radius 2 is 1.68 bits per heavy atom. The summed E-state index contributed by atoms with van der Waals surface area (Å²) in [6.07, 6.45) is 0. The molecule has 0 atom stereocenters. The van der Waals surface area contributed by atoms with Gasteiger partial charge in [-0.15, -0.1) is 0 Å². The maximum Gasteiger partial charge on any atom is 0.165 e. The minimum Gasteiger partial charge on any atom is -0.232 e. The van der Waals surface area contributed by atoms with Crippen molar-refractivity contribution < 1.29 is 0 Å². The molecule has 2 heterocycles. The molecule has 0 spiro atoms. The molecule has 0 aliphatic heterocycles. The lowest BCUT2D eigenvalue weighted by Crippen LogP contribution is -2.14. The van der Waals surface area contributed by atoms with Gasteiger partial charge in [0.2, 0.25) is 0 Å². The van der Waals surface area contributed by atoms with Gasteiger partial charge in [-0.05, 0) is 30.7 Å².